The molecule has 2 atom stereocenters. The first-order valence-corrected chi connectivity index (χ1v) is 8.79. The van der Waals surface area contributed by atoms with Crippen LogP contribution in [-0.4, -0.2) is 11.6 Å². The average Bonchev–Trinajstić information content (AvgIpc) is 2.64. The summed E-state index contributed by atoms with van der Waals surface area (Å²) in [5.74, 6) is 1.52. The summed E-state index contributed by atoms with van der Waals surface area (Å²) < 4.78 is 6.17. The molecule has 0 aliphatic carbocycles. The molecular formula is C21H24N4O. The molecule has 0 spiro atoms. The van der Waals surface area contributed by atoms with Gasteiger partial charge in [-0.05, 0) is 25.5 Å². The number of benzene rings is 2. The van der Waals surface area contributed by atoms with E-state index < -0.39 is 0 Å². The summed E-state index contributed by atoms with van der Waals surface area (Å²) in [6.45, 7) is 6.82. The molecule has 5 nitrogen and oxygen atoms in total. The van der Waals surface area contributed by atoms with E-state index in [1.165, 1.54) is 0 Å². The molecule has 0 radical (unpaired) electrons. The second kappa shape index (κ2) is 7.49. The maximum Gasteiger partial charge on any atom is 0.205 e. The average molecular weight is 348 g/mol. The summed E-state index contributed by atoms with van der Waals surface area (Å²) in [6, 6.07) is 18.0. The van der Waals surface area contributed by atoms with Crippen LogP contribution >= 0.6 is 0 Å². The molecule has 134 valence electrons. The molecule has 0 amide bonds. The van der Waals surface area contributed by atoms with E-state index in [1.807, 2.05) is 54.7 Å². The van der Waals surface area contributed by atoms with Crippen LogP contribution in [0.5, 0.6) is 5.75 Å². The highest BCUT2D eigenvalue weighted by Crippen LogP contribution is 2.43. The van der Waals surface area contributed by atoms with Crippen LogP contribution in [0.4, 0.5) is 0 Å². The number of ether oxygens (including phenoxy) is 1. The minimum Gasteiger partial charge on any atom is -0.487 e. The van der Waals surface area contributed by atoms with Crippen molar-refractivity contribution in [1.82, 2.24) is 10.6 Å². The Morgan fingerprint density at radius 3 is 2.58 bits per heavy atom. The number of nitrogens with one attached hydrogen (secondary N) is 2. The lowest BCUT2D eigenvalue weighted by Gasteiger charge is -2.43. The number of hydrogen-bond acceptors (Lipinski definition) is 3. The van der Waals surface area contributed by atoms with E-state index in [2.05, 4.69) is 42.5 Å². The van der Waals surface area contributed by atoms with Gasteiger partial charge < -0.3 is 10.1 Å². The highest BCUT2D eigenvalue weighted by molar-refractivity contribution is 5.81. The van der Waals surface area contributed by atoms with E-state index >= 15 is 0 Å². The van der Waals surface area contributed by atoms with E-state index in [-0.39, 0.29) is 17.6 Å². The predicted molar refractivity (Wildman–Crippen MR) is 103 cm³/mol. The smallest absolute Gasteiger partial charge is 0.205 e. The summed E-state index contributed by atoms with van der Waals surface area (Å²) in [5, 5.41) is 15.2. The van der Waals surface area contributed by atoms with E-state index in [1.54, 1.807) is 0 Å². The fraction of sp³-hybridized carbons (Fsp3) is 0.333. The van der Waals surface area contributed by atoms with Crippen molar-refractivity contribution in [3.63, 3.8) is 0 Å². The fourth-order valence-corrected chi connectivity index (χ4v) is 3.16. The molecule has 0 saturated heterocycles. The Morgan fingerprint density at radius 2 is 1.85 bits per heavy atom. The number of rotatable bonds is 3. The van der Waals surface area contributed by atoms with Crippen LogP contribution in [0.25, 0.3) is 0 Å². The van der Waals surface area contributed by atoms with Gasteiger partial charge >= 0.3 is 0 Å². The first kappa shape index (κ1) is 17.8. The van der Waals surface area contributed by atoms with Crippen LogP contribution < -0.4 is 15.4 Å². The van der Waals surface area contributed by atoms with Gasteiger partial charge in [0.25, 0.3) is 0 Å². The molecule has 2 N–H and O–H groups in total. The van der Waals surface area contributed by atoms with Crippen molar-refractivity contribution >= 4 is 5.96 Å². The first-order chi connectivity index (χ1) is 12.5. The molecule has 2 aromatic carbocycles. The second-order valence-electron chi connectivity index (χ2n) is 7.04. The van der Waals surface area contributed by atoms with Gasteiger partial charge in [-0.1, -0.05) is 55.5 Å². The van der Waals surface area contributed by atoms with Crippen LogP contribution in [0.3, 0.4) is 0 Å². The normalized spacial score (nSPS) is 21.1. The van der Waals surface area contributed by atoms with E-state index in [4.69, 9.17) is 10.00 Å². The molecule has 1 unspecified atom stereocenters. The van der Waals surface area contributed by atoms with Crippen molar-refractivity contribution < 1.29 is 4.74 Å². The Labute approximate surface area is 154 Å². The summed E-state index contributed by atoms with van der Waals surface area (Å²) in [5.41, 5.74) is 1.84. The van der Waals surface area contributed by atoms with Gasteiger partial charge in [-0.2, -0.15) is 5.26 Å². The van der Waals surface area contributed by atoms with Crippen molar-refractivity contribution in [2.45, 2.75) is 39.0 Å². The van der Waals surface area contributed by atoms with E-state index in [0.29, 0.717) is 12.5 Å². The molecule has 0 bridgehead atoms. The minimum absolute atomic E-state index is 0.00896. The summed E-state index contributed by atoms with van der Waals surface area (Å²) in [4.78, 5) is 4.56. The van der Waals surface area contributed by atoms with Gasteiger partial charge in [0, 0.05) is 11.5 Å². The lowest BCUT2D eigenvalue weighted by atomic mass is 9.80. The Hall–Kier alpha value is -3.00. The maximum atomic E-state index is 9.12. The zero-order valence-electron chi connectivity index (χ0n) is 15.4. The largest absolute Gasteiger partial charge is 0.487 e. The van der Waals surface area contributed by atoms with Crippen molar-refractivity contribution in [3.05, 3.63) is 65.7 Å². The van der Waals surface area contributed by atoms with Crippen LogP contribution in [0.1, 0.15) is 37.9 Å². The predicted octanol–water partition coefficient (Wildman–Crippen LogP) is 3.75. The molecule has 26 heavy (non-hydrogen) atoms. The molecule has 1 heterocycles. The summed E-state index contributed by atoms with van der Waals surface area (Å²) >= 11 is 0. The molecule has 0 fully saturated rings. The van der Waals surface area contributed by atoms with Gasteiger partial charge in [0.05, 0.1) is 12.6 Å². The zero-order valence-corrected chi connectivity index (χ0v) is 15.4. The highest BCUT2D eigenvalue weighted by Gasteiger charge is 2.41. The molecule has 1 aliphatic heterocycles. The van der Waals surface area contributed by atoms with Crippen molar-refractivity contribution in [2.24, 2.45) is 10.9 Å². The third-order valence-electron chi connectivity index (χ3n) is 4.95. The number of guanidine groups is 1. The number of nitriles is 1. The van der Waals surface area contributed by atoms with Crippen molar-refractivity contribution in [1.29, 1.82) is 5.26 Å². The lowest BCUT2D eigenvalue weighted by Crippen LogP contribution is -2.50. The van der Waals surface area contributed by atoms with Gasteiger partial charge in [0.2, 0.25) is 5.96 Å². The van der Waals surface area contributed by atoms with Crippen molar-refractivity contribution in [3.8, 4) is 11.9 Å². The topological polar surface area (TPSA) is 69.4 Å². The quantitative estimate of drug-likeness (QED) is 0.384. The minimum atomic E-state index is -0.330. The molecule has 0 saturated carbocycles. The Balaban J connectivity index is 1.87. The zero-order chi connectivity index (χ0) is 18.6. The first-order valence-electron chi connectivity index (χ1n) is 8.79. The number of hydrogen-bond donors (Lipinski definition) is 2. The number of aliphatic imine (C=N–C) groups is 1. The third-order valence-corrected chi connectivity index (χ3v) is 4.95. The van der Waals surface area contributed by atoms with Crippen LogP contribution in [0.15, 0.2) is 59.6 Å². The molecule has 1 aliphatic rings. The van der Waals surface area contributed by atoms with E-state index in [0.717, 1.165) is 16.9 Å². The van der Waals surface area contributed by atoms with Crippen LogP contribution in [0.2, 0.25) is 0 Å². The van der Waals surface area contributed by atoms with Gasteiger partial charge in [-0.15, -0.1) is 0 Å². The molecule has 2 aromatic rings. The van der Waals surface area contributed by atoms with Gasteiger partial charge in [0.1, 0.15) is 11.4 Å². The van der Waals surface area contributed by atoms with E-state index in [9.17, 15) is 0 Å². The molecular weight excluding hydrogens is 324 g/mol. The molecule has 0 aromatic heterocycles. The summed E-state index contributed by atoms with van der Waals surface area (Å²) in [7, 11) is 0. The molecule has 5 heteroatoms. The lowest BCUT2D eigenvalue weighted by molar-refractivity contribution is 0.0158. The number of nitrogens with zero attached hydrogens (tertiary/aromatic N) is 2. The summed E-state index contributed by atoms with van der Waals surface area (Å²) in [6.07, 6.45) is 1.98. The van der Waals surface area contributed by atoms with Gasteiger partial charge in [0.15, 0.2) is 6.19 Å². The van der Waals surface area contributed by atoms with Crippen molar-refractivity contribution in [2.75, 3.05) is 0 Å². The fourth-order valence-electron chi connectivity index (χ4n) is 3.16. The third kappa shape index (κ3) is 3.80. The highest BCUT2D eigenvalue weighted by atomic mass is 16.5. The number of para-hydroxylation sites is 1. The van der Waals surface area contributed by atoms with Crippen LogP contribution in [-0.2, 0) is 6.54 Å². The van der Waals surface area contributed by atoms with Gasteiger partial charge in [-0.25, -0.2) is 4.99 Å². The Kier molecular flexibility index (Phi) is 5.13. The SMILES string of the molecule is C[C@H]1C(NC(=NCc2ccccc2)NC#N)c2ccccc2OC1(C)C. The maximum absolute atomic E-state index is 9.12. The monoisotopic (exact) mass is 348 g/mol. The Morgan fingerprint density at radius 1 is 1.15 bits per heavy atom. The standard InChI is InChI=1S/C21H24N4O/c1-15-19(17-11-7-8-12-18(17)26-21(15,2)3)25-20(24-14-22)23-13-16-9-5-4-6-10-16/h4-12,15,19H,13H2,1-3H3,(H2,23,24,25)/t15-,19?/m0/s1. The van der Waals surface area contributed by atoms with Gasteiger partial charge in [-0.3, -0.25) is 5.32 Å². The molecule has 3 rings (SSSR count). The Bertz CT molecular complexity index is 823. The van der Waals surface area contributed by atoms with Crippen LogP contribution in [0, 0.1) is 17.4 Å². The second-order valence-corrected chi connectivity index (χ2v) is 7.04. The number of fused-ring (bicyclic) bond motifs is 1.